The van der Waals surface area contributed by atoms with Crippen molar-refractivity contribution in [3.63, 3.8) is 0 Å². The minimum Gasteiger partial charge on any atom is -0.744 e. The molecule has 2 aromatic heterocycles. The summed E-state index contributed by atoms with van der Waals surface area (Å²) in [7, 11) is -9.14. The van der Waals surface area contributed by atoms with Crippen molar-refractivity contribution in [2.24, 2.45) is 10.2 Å². The molecule has 0 aliphatic heterocycles. The summed E-state index contributed by atoms with van der Waals surface area (Å²) in [6.45, 7) is 4.89. The first-order valence-corrected chi connectivity index (χ1v) is 13.7. The number of rotatable bonds is 6. The van der Waals surface area contributed by atoms with Crippen LogP contribution in [0.5, 0.6) is 0 Å². The van der Waals surface area contributed by atoms with E-state index in [4.69, 9.17) is 0 Å². The van der Waals surface area contributed by atoms with Crippen molar-refractivity contribution in [3.8, 4) is 0 Å². The predicted molar refractivity (Wildman–Crippen MR) is 115 cm³/mol. The number of aromatic nitrogens is 2. The van der Waals surface area contributed by atoms with Crippen molar-refractivity contribution in [1.29, 1.82) is 0 Å². The Morgan fingerprint density at radius 1 is 0.750 bits per heavy atom. The monoisotopic (exact) mass is 512 g/mol. The fourth-order valence-corrected chi connectivity index (χ4v) is 6.58. The highest BCUT2D eigenvalue weighted by Gasteiger charge is 2.25. The van der Waals surface area contributed by atoms with E-state index in [1.165, 1.54) is 46.9 Å². The van der Waals surface area contributed by atoms with Crippen molar-refractivity contribution in [2.45, 2.75) is 36.7 Å². The van der Waals surface area contributed by atoms with Gasteiger partial charge in [-0.2, -0.15) is 0 Å². The van der Waals surface area contributed by atoms with E-state index in [1.54, 1.807) is 12.1 Å². The number of azo groups is 1. The molecule has 0 radical (unpaired) electrons. The first-order valence-electron chi connectivity index (χ1n) is 9.29. The normalized spacial score (nSPS) is 13.0. The maximum atomic E-state index is 11.3. The quantitative estimate of drug-likeness (QED) is 0.220. The van der Waals surface area contributed by atoms with Gasteiger partial charge < -0.3 is 9.11 Å². The molecule has 0 saturated heterocycles. The van der Waals surface area contributed by atoms with Crippen LogP contribution in [0, 0.1) is 0 Å². The van der Waals surface area contributed by atoms with Crippen molar-refractivity contribution >= 4 is 73.6 Å². The number of hydrogen-bond donors (Lipinski definition) is 0. The summed E-state index contributed by atoms with van der Waals surface area (Å²) >= 11 is 2.40. The molecule has 0 aliphatic carbocycles. The predicted octanol–water partition coefficient (Wildman–Crippen LogP) is 2.95. The molecule has 0 atom stereocenters. The fraction of sp³-hybridized carbons (Fsp3) is 0.222. The third kappa shape index (κ3) is 4.16. The molecular formula is C18H16N4O6S4. The van der Waals surface area contributed by atoms with Crippen molar-refractivity contribution < 1.29 is 35.1 Å². The molecule has 4 rings (SSSR count). The first-order chi connectivity index (χ1) is 15.0. The molecule has 0 unspecified atom stereocenters. The Kier molecular flexibility index (Phi) is 5.85. The lowest BCUT2D eigenvalue weighted by atomic mass is 10.3. The first kappa shape index (κ1) is 22.8. The van der Waals surface area contributed by atoms with Gasteiger partial charge in [0.15, 0.2) is 0 Å². The highest BCUT2D eigenvalue weighted by atomic mass is 32.2. The van der Waals surface area contributed by atoms with Gasteiger partial charge in [0.2, 0.25) is 10.2 Å². The van der Waals surface area contributed by atoms with Crippen LogP contribution in [0.15, 0.2) is 56.4 Å². The molecule has 0 amide bonds. The van der Waals surface area contributed by atoms with Crippen LogP contribution >= 0.6 is 22.7 Å². The van der Waals surface area contributed by atoms with Crippen LogP contribution < -0.4 is 9.13 Å². The zero-order valence-corrected chi connectivity index (χ0v) is 20.0. The Hall–Kier alpha value is -2.36. The van der Waals surface area contributed by atoms with Gasteiger partial charge in [0, 0.05) is 0 Å². The van der Waals surface area contributed by atoms with E-state index in [0.717, 1.165) is 11.0 Å². The van der Waals surface area contributed by atoms with Crippen LogP contribution in [-0.4, -0.2) is 25.9 Å². The summed E-state index contributed by atoms with van der Waals surface area (Å²) in [6, 6.07) is 8.31. The third-order valence-corrected chi connectivity index (χ3v) is 8.46. The van der Waals surface area contributed by atoms with E-state index in [-0.39, 0.29) is 9.79 Å². The molecule has 2 heterocycles. The van der Waals surface area contributed by atoms with Crippen LogP contribution in [-0.2, 0) is 33.3 Å². The summed E-state index contributed by atoms with van der Waals surface area (Å²) in [5, 5.41) is 9.69. The maximum Gasteiger partial charge on any atom is 0.435 e. The van der Waals surface area contributed by atoms with E-state index in [0.29, 0.717) is 32.8 Å². The molecule has 4 aromatic rings. The lowest BCUT2D eigenvalue weighted by Gasteiger charge is -2.05. The van der Waals surface area contributed by atoms with Crippen LogP contribution in [0.2, 0.25) is 0 Å². The van der Waals surface area contributed by atoms with Crippen LogP contribution in [0.1, 0.15) is 13.8 Å². The number of hydrogen-bond acceptors (Lipinski definition) is 10. The zero-order valence-electron chi connectivity index (χ0n) is 16.7. The minimum absolute atomic E-state index is 0.310. The number of benzene rings is 2. The van der Waals surface area contributed by atoms with Gasteiger partial charge >= 0.3 is 10.3 Å². The number of fused-ring (bicyclic) bond motifs is 2. The molecule has 0 saturated carbocycles. The molecule has 0 fully saturated rings. The molecular weight excluding hydrogens is 496 g/mol. The Balaban J connectivity index is 1.81. The maximum absolute atomic E-state index is 11.3. The van der Waals surface area contributed by atoms with Gasteiger partial charge in [-0.3, -0.25) is 0 Å². The molecule has 0 aliphatic rings. The fourth-order valence-electron chi connectivity index (χ4n) is 3.27. The molecule has 10 nitrogen and oxygen atoms in total. The molecule has 0 spiro atoms. The smallest absolute Gasteiger partial charge is 0.435 e. The van der Waals surface area contributed by atoms with Gasteiger partial charge in [-0.05, 0) is 72.9 Å². The van der Waals surface area contributed by atoms with E-state index in [2.05, 4.69) is 10.2 Å². The van der Waals surface area contributed by atoms with Crippen molar-refractivity contribution in [3.05, 3.63) is 36.4 Å². The number of nitrogens with zero attached hydrogens (tertiary/aromatic N) is 4. The molecule has 14 heteroatoms. The zero-order chi connectivity index (χ0) is 23.3. The average Bonchev–Trinajstić information content (AvgIpc) is 3.26. The second-order valence-electron chi connectivity index (χ2n) is 6.63. The highest BCUT2D eigenvalue weighted by Crippen LogP contribution is 2.32. The minimum atomic E-state index is -4.57. The van der Waals surface area contributed by atoms with Crippen molar-refractivity contribution in [1.82, 2.24) is 0 Å². The third-order valence-electron chi connectivity index (χ3n) is 4.74. The van der Waals surface area contributed by atoms with E-state index in [9.17, 15) is 25.9 Å². The van der Waals surface area contributed by atoms with E-state index >= 15 is 0 Å². The molecule has 168 valence electrons. The van der Waals surface area contributed by atoms with Crippen LogP contribution in [0.25, 0.3) is 20.4 Å². The summed E-state index contributed by atoms with van der Waals surface area (Å²) in [5.41, 5.74) is 1.45. The van der Waals surface area contributed by atoms with E-state index in [1.807, 2.05) is 23.0 Å². The average molecular weight is 513 g/mol. The second kappa shape index (κ2) is 8.20. The highest BCUT2D eigenvalue weighted by molar-refractivity contribution is 7.86. The molecule has 0 N–H and O–H groups in total. The molecule has 0 bridgehead atoms. The number of aryl methyl sites for hydroxylation is 2. The van der Waals surface area contributed by atoms with Crippen molar-refractivity contribution in [2.75, 3.05) is 0 Å². The topological polar surface area (TPSA) is 147 Å². The number of thiazole rings is 2. The summed E-state index contributed by atoms with van der Waals surface area (Å²) in [5.74, 6) is 0. The van der Waals surface area contributed by atoms with Gasteiger partial charge in [-0.1, -0.05) is 0 Å². The SMILES string of the molecule is CC[n+]1c(/N=N/c2sc3cc(S(=O)(=O)[O-])ccc3[n+]2CC)sc2cc(S(=O)(=O)[O-])ccc21. The molecule has 32 heavy (non-hydrogen) atoms. The Morgan fingerprint density at radius 3 is 1.44 bits per heavy atom. The van der Waals surface area contributed by atoms with Gasteiger partial charge in [0.1, 0.15) is 31.3 Å². The standard InChI is InChI=1S/C18H16N4O6S4/c1-3-21-13-7-5-11(31(23,24)25)9-15(13)29-17(21)19-20-18-22(4-2)14-8-6-12(32(26,27)28)10-16(14)30-18/h5-10H,3-4H2,1-2H3. The van der Waals surface area contributed by atoms with Gasteiger partial charge in [0.25, 0.3) is 0 Å². The van der Waals surface area contributed by atoms with E-state index < -0.39 is 20.2 Å². The summed E-state index contributed by atoms with van der Waals surface area (Å²) in [6.07, 6.45) is 0. The van der Waals surface area contributed by atoms with Gasteiger partial charge in [0.05, 0.1) is 32.3 Å². The summed E-state index contributed by atoms with van der Waals surface area (Å²) in [4.78, 5) is -0.620. The second-order valence-corrected chi connectivity index (χ2v) is 11.4. The Morgan fingerprint density at radius 2 is 1.12 bits per heavy atom. The van der Waals surface area contributed by atoms with Gasteiger partial charge in [-0.15, -0.1) is 0 Å². The Labute approximate surface area is 191 Å². The largest absolute Gasteiger partial charge is 0.744 e. The molecule has 2 aromatic carbocycles. The lowest BCUT2D eigenvalue weighted by Crippen LogP contribution is -2.31. The van der Waals surface area contributed by atoms with Gasteiger partial charge in [-0.25, -0.2) is 26.0 Å². The summed E-state index contributed by atoms with van der Waals surface area (Å²) < 4.78 is 72.9. The Bertz CT molecular complexity index is 1480. The van der Waals surface area contributed by atoms with Crippen LogP contribution in [0.4, 0.5) is 10.3 Å². The van der Waals surface area contributed by atoms with Crippen LogP contribution in [0.3, 0.4) is 0 Å². The lowest BCUT2D eigenvalue weighted by molar-refractivity contribution is -0.653.